The molecule has 0 bridgehead atoms. The van der Waals surface area contributed by atoms with Crippen LogP contribution in [0, 0.1) is 19.8 Å². The second kappa shape index (κ2) is 5.88. The lowest BCUT2D eigenvalue weighted by Gasteiger charge is -2.34. The molecule has 0 atom stereocenters. The number of carbonyl (C=O) groups is 2. The molecule has 1 aliphatic heterocycles. The van der Waals surface area contributed by atoms with Crippen molar-refractivity contribution in [2.45, 2.75) is 26.7 Å². The first kappa shape index (κ1) is 15.3. The van der Waals surface area contributed by atoms with Gasteiger partial charge < -0.3 is 9.47 Å². The average molecular weight is 303 g/mol. The summed E-state index contributed by atoms with van der Waals surface area (Å²) in [6.07, 6.45) is 2.12. The number of rotatable bonds is 4. The maximum absolute atomic E-state index is 12.5. The summed E-state index contributed by atoms with van der Waals surface area (Å²) in [5, 5.41) is 0. The molecule has 1 amide bonds. The molecule has 22 heavy (non-hydrogen) atoms. The number of Topliss-reactive ketones (excluding diaryl/α,β-unsaturated/α-hetero) is 1. The van der Waals surface area contributed by atoms with Crippen LogP contribution in [0.2, 0.25) is 0 Å². The second-order valence-electron chi connectivity index (χ2n) is 6.64. The molecule has 0 spiro atoms. The summed E-state index contributed by atoms with van der Waals surface area (Å²) < 4.78 is 2.06. The minimum absolute atomic E-state index is 0.183. The molecule has 1 saturated carbocycles. The fourth-order valence-corrected chi connectivity index (χ4v) is 3.14. The number of piperazine rings is 1. The zero-order chi connectivity index (χ0) is 15.9. The van der Waals surface area contributed by atoms with Gasteiger partial charge >= 0.3 is 0 Å². The topological polar surface area (TPSA) is 45.6 Å². The third-order valence-electron chi connectivity index (χ3n) is 5.05. The monoisotopic (exact) mass is 303 g/mol. The van der Waals surface area contributed by atoms with Crippen LogP contribution in [0.3, 0.4) is 0 Å². The Labute approximate surface area is 131 Å². The Morgan fingerprint density at radius 1 is 1.14 bits per heavy atom. The quantitative estimate of drug-likeness (QED) is 0.790. The zero-order valence-electron chi connectivity index (χ0n) is 13.8. The Kier molecular flexibility index (Phi) is 4.08. The highest BCUT2D eigenvalue weighted by Crippen LogP contribution is 2.31. The number of amides is 1. The number of aromatic nitrogens is 1. The molecule has 1 aromatic rings. The van der Waals surface area contributed by atoms with Gasteiger partial charge in [-0.05, 0) is 32.8 Å². The lowest BCUT2D eigenvalue weighted by molar-refractivity contribution is -0.134. The summed E-state index contributed by atoms with van der Waals surface area (Å²) in [4.78, 5) is 28.7. The number of aryl methyl sites for hydroxylation is 1. The molecule has 1 aromatic heterocycles. The third-order valence-corrected chi connectivity index (χ3v) is 5.05. The van der Waals surface area contributed by atoms with Crippen LogP contribution in [0.5, 0.6) is 0 Å². The van der Waals surface area contributed by atoms with Crippen molar-refractivity contribution in [1.82, 2.24) is 14.4 Å². The highest BCUT2D eigenvalue weighted by atomic mass is 16.2. The van der Waals surface area contributed by atoms with Crippen molar-refractivity contribution in [3.05, 3.63) is 23.0 Å². The van der Waals surface area contributed by atoms with Crippen LogP contribution in [-0.4, -0.2) is 58.8 Å². The van der Waals surface area contributed by atoms with Crippen molar-refractivity contribution in [1.29, 1.82) is 0 Å². The highest BCUT2D eigenvalue weighted by molar-refractivity contribution is 5.99. The van der Waals surface area contributed by atoms with Gasteiger partial charge in [0.25, 0.3) is 0 Å². The molecule has 5 heteroatoms. The Balaban J connectivity index is 1.54. The van der Waals surface area contributed by atoms with Gasteiger partial charge in [0, 0.05) is 56.1 Å². The molecule has 0 aromatic carbocycles. The van der Waals surface area contributed by atoms with Crippen LogP contribution in [0.25, 0.3) is 0 Å². The zero-order valence-corrected chi connectivity index (χ0v) is 13.8. The third kappa shape index (κ3) is 2.95. The van der Waals surface area contributed by atoms with E-state index in [1.54, 1.807) is 0 Å². The molecule has 0 N–H and O–H groups in total. The van der Waals surface area contributed by atoms with Crippen LogP contribution >= 0.6 is 0 Å². The van der Waals surface area contributed by atoms with Crippen LogP contribution in [0.4, 0.5) is 0 Å². The van der Waals surface area contributed by atoms with Crippen molar-refractivity contribution < 1.29 is 9.59 Å². The van der Waals surface area contributed by atoms with Gasteiger partial charge in [-0.2, -0.15) is 0 Å². The van der Waals surface area contributed by atoms with E-state index in [9.17, 15) is 9.59 Å². The summed E-state index contributed by atoms with van der Waals surface area (Å²) in [5.74, 6) is 0.798. The van der Waals surface area contributed by atoms with E-state index in [4.69, 9.17) is 0 Å². The van der Waals surface area contributed by atoms with Gasteiger partial charge in [-0.3, -0.25) is 14.5 Å². The first-order valence-electron chi connectivity index (χ1n) is 8.14. The van der Waals surface area contributed by atoms with Crippen molar-refractivity contribution in [3.63, 3.8) is 0 Å². The second-order valence-corrected chi connectivity index (χ2v) is 6.64. The van der Waals surface area contributed by atoms with Crippen molar-refractivity contribution in [2.75, 3.05) is 32.7 Å². The SMILES string of the molecule is Cc1cc(C(=O)CN2CCN(C(=O)C3CC3)CC2)c(C)n1C. The molecule has 1 aliphatic carbocycles. The largest absolute Gasteiger partial charge is 0.351 e. The standard InChI is InChI=1S/C17H25N3O2/c1-12-10-15(13(2)18(12)3)16(21)11-19-6-8-20(9-7-19)17(22)14-4-5-14/h10,14H,4-9,11H2,1-3H3. The smallest absolute Gasteiger partial charge is 0.225 e. The molecular formula is C17H25N3O2. The highest BCUT2D eigenvalue weighted by Gasteiger charge is 2.34. The molecule has 120 valence electrons. The van der Waals surface area contributed by atoms with Gasteiger partial charge in [0.1, 0.15) is 0 Å². The van der Waals surface area contributed by atoms with Gasteiger partial charge in [0.15, 0.2) is 5.78 Å². The van der Waals surface area contributed by atoms with Gasteiger partial charge in [-0.25, -0.2) is 0 Å². The molecule has 2 fully saturated rings. The van der Waals surface area contributed by atoms with Crippen LogP contribution in [0.15, 0.2) is 6.07 Å². The molecule has 2 aliphatic rings. The predicted molar refractivity (Wildman–Crippen MR) is 85.0 cm³/mol. The van der Waals surface area contributed by atoms with Gasteiger partial charge in [-0.1, -0.05) is 0 Å². The minimum atomic E-state index is 0.183. The molecule has 5 nitrogen and oxygen atoms in total. The van der Waals surface area contributed by atoms with Crippen molar-refractivity contribution in [2.24, 2.45) is 13.0 Å². The number of hydrogen-bond acceptors (Lipinski definition) is 3. The lowest BCUT2D eigenvalue weighted by atomic mass is 10.1. The van der Waals surface area contributed by atoms with E-state index >= 15 is 0 Å². The number of nitrogens with zero attached hydrogens (tertiary/aromatic N) is 3. The van der Waals surface area contributed by atoms with Gasteiger partial charge in [0.2, 0.25) is 5.91 Å². The maximum Gasteiger partial charge on any atom is 0.225 e. The number of hydrogen-bond donors (Lipinski definition) is 0. The Morgan fingerprint density at radius 3 is 2.27 bits per heavy atom. The van der Waals surface area contributed by atoms with Crippen LogP contribution in [0.1, 0.15) is 34.6 Å². The number of carbonyl (C=O) groups excluding carboxylic acids is 2. The lowest BCUT2D eigenvalue weighted by Crippen LogP contribution is -2.50. The van der Waals surface area contributed by atoms with Crippen LogP contribution < -0.4 is 0 Å². The summed E-state index contributed by atoms with van der Waals surface area (Å²) in [6.45, 7) is 7.59. The van der Waals surface area contributed by atoms with Crippen molar-refractivity contribution >= 4 is 11.7 Å². The van der Waals surface area contributed by atoms with E-state index in [1.165, 1.54) is 0 Å². The van der Waals surface area contributed by atoms with E-state index < -0.39 is 0 Å². The fraction of sp³-hybridized carbons (Fsp3) is 0.647. The molecule has 1 saturated heterocycles. The van der Waals surface area contributed by atoms with E-state index in [0.717, 1.165) is 56.0 Å². The first-order chi connectivity index (χ1) is 10.5. The maximum atomic E-state index is 12.5. The van der Waals surface area contributed by atoms with Gasteiger partial charge in [-0.15, -0.1) is 0 Å². The van der Waals surface area contributed by atoms with E-state index in [2.05, 4.69) is 9.47 Å². The van der Waals surface area contributed by atoms with E-state index in [-0.39, 0.29) is 5.78 Å². The minimum Gasteiger partial charge on any atom is -0.351 e. The van der Waals surface area contributed by atoms with Crippen LogP contribution in [-0.2, 0) is 11.8 Å². The Morgan fingerprint density at radius 2 is 1.77 bits per heavy atom. The normalized spacial score (nSPS) is 19.5. The number of ketones is 1. The van der Waals surface area contributed by atoms with E-state index in [1.807, 2.05) is 31.9 Å². The predicted octanol–water partition coefficient (Wildman–Crippen LogP) is 1.38. The van der Waals surface area contributed by atoms with Gasteiger partial charge in [0.05, 0.1) is 6.54 Å². The summed E-state index contributed by atoms with van der Waals surface area (Å²) >= 11 is 0. The molecular weight excluding hydrogens is 278 g/mol. The first-order valence-corrected chi connectivity index (χ1v) is 8.14. The summed E-state index contributed by atoms with van der Waals surface area (Å²) in [6, 6.07) is 1.98. The van der Waals surface area contributed by atoms with Crippen molar-refractivity contribution in [3.8, 4) is 0 Å². The fourth-order valence-electron chi connectivity index (χ4n) is 3.14. The summed E-state index contributed by atoms with van der Waals surface area (Å²) in [5.41, 5.74) is 2.97. The molecule has 2 heterocycles. The average Bonchev–Trinajstić information content (AvgIpc) is 3.32. The molecule has 3 rings (SSSR count). The Hall–Kier alpha value is -1.62. The Bertz CT molecular complexity index is 593. The van der Waals surface area contributed by atoms with E-state index in [0.29, 0.717) is 18.4 Å². The summed E-state index contributed by atoms with van der Waals surface area (Å²) in [7, 11) is 1.99. The molecule has 0 radical (unpaired) electrons. The molecule has 0 unspecified atom stereocenters.